The minimum Gasteiger partial charge on any atom is -0.492 e. The van der Waals surface area contributed by atoms with Gasteiger partial charge in [0.1, 0.15) is 11.4 Å². The van der Waals surface area contributed by atoms with Crippen molar-refractivity contribution in [1.29, 1.82) is 0 Å². The lowest BCUT2D eigenvalue weighted by atomic mass is 9.72. The molecule has 2 unspecified atom stereocenters. The van der Waals surface area contributed by atoms with Crippen LogP contribution in [-0.2, 0) is 5.60 Å². The molecule has 1 aliphatic carbocycles. The van der Waals surface area contributed by atoms with Crippen molar-refractivity contribution in [3.05, 3.63) is 59.4 Å². The van der Waals surface area contributed by atoms with Gasteiger partial charge < -0.3 is 9.84 Å². The minimum atomic E-state index is -0.969. The normalized spacial score (nSPS) is 24.4. The van der Waals surface area contributed by atoms with Gasteiger partial charge in [-0.1, -0.05) is 31.2 Å². The molecule has 3 heteroatoms. The van der Waals surface area contributed by atoms with E-state index in [4.69, 9.17) is 4.74 Å². The number of hydrogen-bond donors (Lipinski definition) is 1. The van der Waals surface area contributed by atoms with Gasteiger partial charge in [-0.2, -0.15) is 0 Å². The van der Waals surface area contributed by atoms with Crippen LogP contribution in [0.1, 0.15) is 49.3 Å². The third-order valence-electron chi connectivity index (χ3n) is 4.38. The highest BCUT2D eigenvalue weighted by Gasteiger charge is 2.38. The highest BCUT2D eigenvalue weighted by molar-refractivity contribution is 5.45. The number of aromatic nitrogens is 1. The van der Waals surface area contributed by atoms with Gasteiger partial charge in [0.25, 0.3) is 0 Å². The van der Waals surface area contributed by atoms with Crippen LogP contribution >= 0.6 is 0 Å². The number of rotatable bonds is 3. The Balaban J connectivity index is 2.09. The quantitative estimate of drug-likeness (QED) is 0.935. The fourth-order valence-corrected chi connectivity index (χ4v) is 3.21. The molecule has 2 aromatic rings. The molecule has 0 bridgehead atoms. The first kappa shape index (κ1) is 14.1. The number of benzene rings is 1. The summed E-state index contributed by atoms with van der Waals surface area (Å²) >= 11 is 0. The van der Waals surface area contributed by atoms with E-state index >= 15 is 0 Å². The largest absolute Gasteiger partial charge is 0.492 e. The summed E-state index contributed by atoms with van der Waals surface area (Å²) in [5.74, 6) is 1.18. The van der Waals surface area contributed by atoms with E-state index < -0.39 is 5.60 Å². The van der Waals surface area contributed by atoms with Crippen molar-refractivity contribution in [2.24, 2.45) is 0 Å². The first-order valence-corrected chi connectivity index (χ1v) is 7.55. The van der Waals surface area contributed by atoms with E-state index in [0.717, 1.165) is 17.5 Å². The Morgan fingerprint density at radius 1 is 1.33 bits per heavy atom. The van der Waals surface area contributed by atoms with Crippen molar-refractivity contribution in [2.75, 3.05) is 6.61 Å². The highest BCUT2D eigenvalue weighted by Crippen LogP contribution is 2.45. The summed E-state index contributed by atoms with van der Waals surface area (Å²) < 4.78 is 5.52. The second kappa shape index (κ2) is 5.49. The van der Waals surface area contributed by atoms with E-state index in [1.54, 1.807) is 12.4 Å². The van der Waals surface area contributed by atoms with E-state index in [9.17, 15) is 5.11 Å². The maximum absolute atomic E-state index is 11.3. The molecule has 1 N–H and O–H groups in total. The summed E-state index contributed by atoms with van der Waals surface area (Å²) in [4.78, 5) is 4.23. The number of aliphatic hydroxyl groups is 1. The molecule has 3 rings (SSSR count). The highest BCUT2D eigenvalue weighted by atomic mass is 16.5. The van der Waals surface area contributed by atoms with Gasteiger partial charge in [0.15, 0.2) is 0 Å². The van der Waals surface area contributed by atoms with E-state index in [1.165, 1.54) is 5.56 Å². The maximum Gasteiger partial charge on any atom is 0.137 e. The fraction of sp³-hybridized carbons (Fsp3) is 0.389. The van der Waals surface area contributed by atoms with Crippen LogP contribution in [0.3, 0.4) is 0 Å². The smallest absolute Gasteiger partial charge is 0.137 e. The summed E-state index contributed by atoms with van der Waals surface area (Å²) in [6, 6.07) is 10.1. The van der Waals surface area contributed by atoms with E-state index in [0.29, 0.717) is 24.7 Å². The molecular formula is C18H21NO2. The summed E-state index contributed by atoms with van der Waals surface area (Å²) in [5, 5.41) is 11.3. The van der Waals surface area contributed by atoms with Gasteiger partial charge in [-0.25, -0.2) is 0 Å². The summed E-state index contributed by atoms with van der Waals surface area (Å²) in [7, 11) is 0. The Morgan fingerprint density at radius 3 is 2.95 bits per heavy atom. The van der Waals surface area contributed by atoms with Crippen LogP contribution in [0.4, 0.5) is 0 Å². The fourth-order valence-electron chi connectivity index (χ4n) is 3.21. The first-order chi connectivity index (χ1) is 10.1. The minimum absolute atomic E-state index is 0.476. The number of nitrogens with zero attached hydrogens (tertiary/aromatic N) is 1. The van der Waals surface area contributed by atoms with Gasteiger partial charge in [0, 0.05) is 11.8 Å². The monoisotopic (exact) mass is 283 g/mol. The molecule has 0 amide bonds. The van der Waals surface area contributed by atoms with Crippen molar-refractivity contribution in [2.45, 2.75) is 38.2 Å². The average molecular weight is 283 g/mol. The summed E-state index contributed by atoms with van der Waals surface area (Å²) in [6.07, 6.45) is 5.11. The number of pyridine rings is 1. The first-order valence-electron chi connectivity index (χ1n) is 7.55. The Labute approximate surface area is 125 Å². The van der Waals surface area contributed by atoms with Crippen molar-refractivity contribution in [3.8, 4) is 5.75 Å². The van der Waals surface area contributed by atoms with Crippen molar-refractivity contribution < 1.29 is 9.84 Å². The zero-order valence-corrected chi connectivity index (χ0v) is 12.5. The van der Waals surface area contributed by atoms with E-state index in [2.05, 4.69) is 18.0 Å². The zero-order chi connectivity index (χ0) is 14.9. The Kier molecular flexibility index (Phi) is 3.68. The Bertz CT molecular complexity index is 641. The molecule has 1 heterocycles. The van der Waals surface area contributed by atoms with Crippen LogP contribution in [0.5, 0.6) is 5.75 Å². The van der Waals surface area contributed by atoms with Gasteiger partial charge in [-0.05, 0) is 42.9 Å². The van der Waals surface area contributed by atoms with Gasteiger partial charge >= 0.3 is 0 Å². The van der Waals surface area contributed by atoms with Crippen LogP contribution in [0.2, 0.25) is 0 Å². The molecule has 0 saturated carbocycles. The maximum atomic E-state index is 11.3. The standard InChI is InChI=1S/C18H21NO2/c1-3-21-15-10-14(11-19-12-15)18(20)9-8-13(2)16-6-4-5-7-17(16)18/h4-7,10-13,20H,3,8-9H2,1-2H3. The molecular weight excluding hydrogens is 262 g/mol. The zero-order valence-electron chi connectivity index (χ0n) is 12.5. The van der Waals surface area contributed by atoms with E-state index in [-0.39, 0.29) is 0 Å². The Morgan fingerprint density at radius 2 is 2.14 bits per heavy atom. The average Bonchev–Trinajstić information content (AvgIpc) is 2.52. The lowest BCUT2D eigenvalue weighted by Gasteiger charge is -2.37. The molecule has 0 saturated heterocycles. The summed E-state index contributed by atoms with van der Waals surface area (Å²) in [5.41, 5.74) is 2.07. The predicted octanol–water partition coefficient (Wildman–Crippen LogP) is 3.61. The second-order valence-electron chi connectivity index (χ2n) is 5.73. The van der Waals surface area contributed by atoms with Crippen molar-refractivity contribution >= 4 is 0 Å². The number of hydrogen-bond acceptors (Lipinski definition) is 3. The van der Waals surface area contributed by atoms with Crippen LogP contribution in [-0.4, -0.2) is 16.7 Å². The number of fused-ring (bicyclic) bond motifs is 1. The third-order valence-corrected chi connectivity index (χ3v) is 4.38. The van der Waals surface area contributed by atoms with Crippen LogP contribution < -0.4 is 4.74 Å². The van der Waals surface area contributed by atoms with Gasteiger partial charge in [-0.3, -0.25) is 4.98 Å². The van der Waals surface area contributed by atoms with Crippen molar-refractivity contribution in [1.82, 2.24) is 4.98 Å². The topological polar surface area (TPSA) is 42.4 Å². The molecule has 21 heavy (non-hydrogen) atoms. The third kappa shape index (κ3) is 2.42. The lowest BCUT2D eigenvalue weighted by Crippen LogP contribution is -2.33. The van der Waals surface area contributed by atoms with E-state index in [1.807, 2.05) is 31.2 Å². The van der Waals surface area contributed by atoms with Crippen molar-refractivity contribution in [3.63, 3.8) is 0 Å². The molecule has 1 aliphatic rings. The van der Waals surface area contributed by atoms with Gasteiger partial charge in [0.05, 0.1) is 12.8 Å². The molecule has 0 radical (unpaired) electrons. The molecule has 1 aromatic carbocycles. The lowest BCUT2D eigenvalue weighted by molar-refractivity contribution is 0.0573. The second-order valence-corrected chi connectivity index (χ2v) is 5.73. The van der Waals surface area contributed by atoms with Crippen LogP contribution in [0.15, 0.2) is 42.7 Å². The molecule has 0 spiro atoms. The molecule has 0 fully saturated rings. The van der Waals surface area contributed by atoms with Crippen LogP contribution in [0.25, 0.3) is 0 Å². The SMILES string of the molecule is CCOc1cncc(C2(O)CCC(C)c3ccccc32)c1. The van der Waals surface area contributed by atoms with Gasteiger partial charge in [0.2, 0.25) is 0 Å². The number of ether oxygens (including phenoxy) is 1. The summed E-state index contributed by atoms with van der Waals surface area (Å²) in [6.45, 7) is 4.75. The molecule has 0 aliphatic heterocycles. The molecule has 2 atom stereocenters. The predicted molar refractivity (Wildman–Crippen MR) is 82.5 cm³/mol. The molecule has 3 nitrogen and oxygen atoms in total. The van der Waals surface area contributed by atoms with Crippen LogP contribution in [0, 0.1) is 0 Å². The molecule has 1 aromatic heterocycles. The Hall–Kier alpha value is -1.87. The van der Waals surface area contributed by atoms with Gasteiger partial charge in [-0.15, -0.1) is 0 Å². The molecule has 110 valence electrons.